The number of hydrogen-bond donors (Lipinski definition) is 0. The van der Waals surface area contributed by atoms with E-state index >= 15 is 0 Å². The summed E-state index contributed by atoms with van der Waals surface area (Å²) in [5.41, 5.74) is 0.540. The summed E-state index contributed by atoms with van der Waals surface area (Å²) in [4.78, 5) is 25.0. The number of nitrogens with zero attached hydrogens (tertiary/aromatic N) is 1. The van der Waals surface area contributed by atoms with E-state index in [9.17, 15) is 18.0 Å². The summed E-state index contributed by atoms with van der Waals surface area (Å²) >= 11 is 12.7. The van der Waals surface area contributed by atoms with E-state index in [4.69, 9.17) is 27.6 Å². The van der Waals surface area contributed by atoms with E-state index in [1.54, 1.807) is 24.3 Å². The molecule has 1 aromatic heterocycles. The Kier molecular flexibility index (Phi) is 5.69. The summed E-state index contributed by atoms with van der Waals surface area (Å²) < 4.78 is 34.2. The van der Waals surface area contributed by atoms with Crippen LogP contribution in [-0.4, -0.2) is 14.3 Å². The molecule has 1 heterocycles. The van der Waals surface area contributed by atoms with E-state index in [0.717, 1.165) is 15.6 Å². The van der Waals surface area contributed by atoms with Crippen LogP contribution in [-0.2, 0) is 10.0 Å². The van der Waals surface area contributed by atoms with Crippen molar-refractivity contribution in [2.24, 2.45) is 0 Å². The van der Waals surface area contributed by atoms with Crippen LogP contribution in [0.3, 0.4) is 0 Å². The van der Waals surface area contributed by atoms with Gasteiger partial charge in [0.15, 0.2) is 5.58 Å². The van der Waals surface area contributed by atoms with Gasteiger partial charge in [0.1, 0.15) is 0 Å². The number of rotatable bonds is 4. The monoisotopic (exact) mass is 529 g/mol. The second-order valence-corrected chi connectivity index (χ2v) is 10.9. The molecule has 10 heteroatoms. The molecule has 5 rings (SSSR count). The van der Waals surface area contributed by atoms with E-state index in [-0.39, 0.29) is 16.1 Å². The van der Waals surface area contributed by atoms with Crippen molar-refractivity contribution in [1.29, 1.82) is 0 Å². The summed E-state index contributed by atoms with van der Waals surface area (Å²) in [6, 6.07) is 19.7. The third-order valence-corrected chi connectivity index (χ3v) is 8.15. The van der Waals surface area contributed by atoms with Crippen LogP contribution >= 0.6 is 34.5 Å². The van der Waals surface area contributed by atoms with Crippen LogP contribution in [0.1, 0.15) is 10.4 Å². The van der Waals surface area contributed by atoms with Crippen LogP contribution in [0.25, 0.3) is 21.1 Å². The van der Waals surface area contributed by atoms with Crippen LogP contribution in [0.15, 0.2) is 93.0 Å². The molecule has 0 unspecified atom stereocenters. The Hall–Kier alpha value is -3.17. The first-order chi connectivity index (χ1) is 16.3. The smallest absolute Gasteiger partial charge is 0.396 e. The fraction of sp³-hybridized carbons (Fsp3) is 0. The predicted molar refractivity (Wildman–Crippen MR) is 135 cm³/mol. The minimum atomic E-state index is -4.39. The highest BCUT2D eigenvalue weighted by molar-refractivity contribution is 7.93. The van der Waals surface area contributed by atoms with Crippen LogP contribution in [0.4, 0.5) is 5.69 Å². The molecule has 0 saturated heterocycles. The van der Waals surface area contributed by atoms with E-state index in [1.165, 1.54) is 54.6 Å². The number of amides is 1. The minimum absolute atomic E-state index is 0.0926. The number of carbonyl (C=O) groups excluding carboxylic acids is 1. The molecule has 0 atom stereocenters. The maximum atomic E-state index is 13.9. The van der Waals surface area contributed by atoms with Gasteiger partial charge in [-0.15, -0.1) is 0 Å². The molecule has 0 aliphatic carbocycles. The van der Waals surface area contributed by atoms with Gasteiger partial charge in [0.2, 0.25) is 0 Å². The lowest BCUT2D eigenvalue weighted by Crippen LogP contribution is -2.37. The molecule has 5 aromatic rings. The Morgan fingerprint density at radius 2 is 1.44 bits per heavy atom. The van der Waals surface area contributed by atoms with Crippen LogP contribution in [0.2, 0.25) is 10.0 Å². The quantitative estimate of drug-likeness (QED) is 0.270. The number of benzene rings is 4. The molecule has 0 aliphatic rings. The zero-order valence-corrected chi connectivity index (χ0v) is 20.2. The molecule has 1 amide bonds. The van der Waals surface area contributed by atoms with Crippen molar-refractivity contribution in [3.63, 3.8) is 0 Å². The van der Waals surface area contributed by atoms with Gasteiger partial charge in [-0.05, 0) is 54.6 Å². The molecule has 0 fully saturated rings. The number of hydrogen-bond acceptors (Lipinski definition) is 6. The number of sulfonamides is 1. The van der Waals surface area contributed by atoms with Crippen molar-refractivity contribution < 1.29 is 17.6 Å². The highest BCUT2D eigenvalue weighted by atomic mass is 35.5. The predicted octanol–water partition coefficient (Wildman–Crippen LogP) is 6.35. The van der Waals surface area contributed by atoms with Gasteiger partial charge in [-0.2, -0.15) is 4.31 Å². The van der Waals surface area contributed by atoms with Gasteiger partial charge in [-0.3, -0.25) is 4.79 Å². The third-order valence-electron chi connectivity index (χ3n) is 5.16. The molecule has 4 aromatic carbocycles. The lowest BCUT2D eigenvalue weighted by molar-refractivity contribution is 0.101. The highest BCUT2D eigenvalue weighted by Gasteiger charge is 2.34. The number of anilines is 1. The summed E-state index contributed by atoms with van der Waals surface area (Å²) in [6.07, 6.45) is 0. The highest BCUT2D eigenvalue weighted by Crippen LogP contribution is 2.38. The average Bonchev–Trinajstić information content (AvgIpc) is 3.20. The number of carbonyl (C=O) groups is 1. The lowest BCUT2D eigenvalue weighted by Gasteiger charge is -2.24. The van der Waals surface area contributed by atoms with Crippen molar-refractivity contribution in [1.82, 2.24) is 0 Å². The number of halogens is 2. The molecular weight excluding hydrogens is 517 g/mol. The van der Waals surface area contributed by atoms with Crippen molar-refractivity contribution in [3.05, 3.63) is 104 Å². The molecule has 6 nitrogen and oxygen atoms in total. The molecular formula is C24H13Cl2NO5S2. The lowest BCUT2D eigenvalue weighted by atomic mass is 10.1. The Morgan fingerprint density at radius 1 is 0.853 bits per heavy atom. The first kappa shape index (κ1) is 22.6. The van der Waals surface area contributed by atoms with E-state index in [0.29, 0.717) is 31.1 Å². The van der Waals surface area contributed by atoms with Crippen LogP contribution in [0.5, 0.6) is 0 Å². The molecule has 0 aliphatic heterocycles. The number of fused-ring (bicyclic) bond motifs is 3. The second kappa shape index (κ2) is 8.56. The van der Waals surface area contributed by atoms with E-state index in [1.807, 2.05) is 0 Å². The van der Waals surface area contributed by atoms with Gasteiger partial charge >= 0.3 is 4.94 Å². The standard InChI is InChI=1S/C24H13Cl2NO5S2/c25-15-7-5-14(6-8-15)23(28)27(34(30,31)17-11-9-16(26)10-12-17)20-13-21-22(32-24(29)33-21)19-4-2-1-3-18(19)20/h1-13H. The normalized spacial score (nSPS) is 11.7. The van der Waals surface area contributed by atoms with Crippen LogP contribution < -0.4 is 9.24 Å². The molecule has 0 spiro atoms. The fourth-order valence-corrected chi connectivity index (χ4v) is 6.01. The van der Waals surface area contributed by atoms with Crippen molar-refractivity contribution >= 4 is 77.2 Å². The first-order valence-electron chi connectivity index (χ1n) is 9.82. The first-order valence-corrected chi connectivity index (χ1v) is 12.8. The Balaban J connectivity index is 1.83. The van der Waals surface area contributed by atoms with Crippen molar-refractivity contribution in [2.45, 2.75) is 4.90 Å². The maximum Gasteiger partial charge on any atom is 0.396 e. The Bertz CT molecular complexity index is 1720. The Labute approximate surface area is 207 Å². The van der Waals surface area contributed by atoms with Gasteiger partial charge in [-0.1, -0.05) is 58.8 Å². The summed E-state index contributed by atoms with van der Waals surface area (Å²) in [5, 5.41) is 1.69. The van der Waals surface area contributed by atoms with Gasteiger partial charge in [0, 0.05) is 26.4 Å². The SMILES string of the molecule is O=C(c1ccc(Cl)cc1)N(c1cc2sc(=O)oc2c2ccccc12)S(=O)(=O)c1ccc(Cl)cc1. The molecule has 0 bridgehead atoms. The fourth-order valence-electron chi connectivity index (χ4n) is 3.62. The van der Waals surface area contributed by atoms with Gasteiger partial charge < -0.3 is 4.42 Å². The summed E-state index contributed by atoms with van der Waals surface area (Å²) in [6.45, 7) is 0. The molecule has 0 saturated carbocycles. The van der Waals surface area contributed by atoms with E-state index in [2.05, 4.69) is 0 Å². The molecule has 170 valence electrons. The minimum Gasteiger partial charge on any atom is -0.413 e. The van der Waals surface area contributed by atoms with Gasteiger partial charge in [-0.25, -0.2) is 13.2 Å². The third kappa shape index (κ3) is 3.88. The topological polar surface area (TPSA) is 84.7 Å². The zero-order chi connectivity index (χ0) is 24.0. The van der Waals surface area contributed by atoms with Gasteiger partial charge in [0.25, 0.3) is 15.9 Å². The second-order valence-electron chi connectivity index (χ2n) is 7.26. The summed E-state index contributed by atoms with van der Waals surface area (Å²) in [5.74, 6) is -0.785. The molecule has 0 N–H and O–H groups in total. The van der Waals surface area contributed by atoms with Gasteiger partial charge in [0.05, 0.1) is 15.3 Å². The van der Waals surface area contributed by atoms with E-state index < -0.39 is 20.9 Å². The molecule has 34 heavy (non-hydrogen) atoms. The molecule has 0 radical (unpaired) electrons. The van der Waals surface area contributed by atoms with Crippen molar-refractivity contribution in [3.8, 4) is 0 Å². The van der Waals surface area contributed by atoms with Crippen LogP contribution in [0, 0.1) is 0 Å². The Morgan fingerprint density at radius 3 is 2.09 bits per heavy atom. The zero-order valence-electron chi connectivity index (χ0n) is 17.1. The summed E-state index contributed by atoms with van der Waals surface area (Å²) in [7, 11) is -4.39. The van der Waals surface area contributed by atoms with Crippen molar-refractivity contribution in [2.75, 3.05) is 4.31 Å². The largest absolute Gasteiger partial charge is 0.413 e. The maximum absolute atomic E-state index is 13.9. The average molecular weight is 530 g/mol.